The molecule has 5 aromatic rings. The molecule has 0 saturated heterocycles. The summed E-state index contributed by atoms with van der Waals surface area (Å²) in [5.41, 5.74) is -1.30. The van der Waals surface area contributed by atoms with Gasteiger partial charge in [-0.25, -0.2) is 4.79 Å². The van der Waals surface area contributed by atoms with Gasteiger partial charge in [-0.3, -0.25) is 4.79 Å². The molecular formula is C27H14F3IO4. The number of halogens is 4. The molecule has 174 valence electrons. The molecule has 0 saturated carbocycles. The lowest BCUT2D eigenvalue weighted by molar-refractivity contribution is -0.152. The molecule has 0 unspecified atom stereocenters. The first-order valence-electron chi connectivity index (χ1n) is 10.4. The van der Waals surface area contributed by atoms with Crippen molar-refractivity contribution in [2.24, 2.45) is 0 Å². The fourth-order valence-corrected chi connectivity index (χ4v) is 4.52. The minimum absolute atomic E-state index is 0.0451. The molecule has 5 rings (SSSR count). The summed E-state index contributed by atoms with van der Waals surface area (Å²) < 4.78 is 53.6. The smallest absolute Gasteiger partial charge is 0.450 e. The molecular weight excluding hydrogens is 572 g/mol. The first kappa shape index (κ1) is 23.1. The lowest BCUT2D eigenvalue weighted by Gasteiger charge is -2.15. The summed E-state index contributed by atoms with van der Waals surface area (Å²) in [6, 6.07) is 22.2. The fourth-order valence-electron chi connectivity index (χ4n) is 3.91. The number of esters is 1. The summed E-state index contributed by atoms with van der Waals surface area (Å²) >= 11 is 1.98. The number of alkyl halides is 3. The topological polar surface area (TPSA) is 56.5 Å². The zero-order chi connectivity index (χ0) is 24.7. The van der Waals surface area contributed by atoms with Gasteiger partial charge in [0.25, 0.3) is 0 Å². The maximum Gasteiger partial charge on any atom is 0.450 e. The molecule has 1 aromatic heterocycles. The van der Waals surface area contributed by atoms with Crippen LogP contribution in [0.2, 0.25) is 0 Å². The Morgan fingerprint density at radius 3 is 2.34 bits per heavy atom. The van der Waals surface area contributed by atoms with Gasteiger partial charge in [0, 0.05) is 9.64 Å². The molecule has 4 aromatic carbocycles. The van der Waals surface area contributed by atoms with E-state index in [1.54, 1.807) is 60.7 Å². The summed E-state index contributed by atoms with van der Waals surface area (Å²) in [6.45, 7) is 0. The molecule has 1 heterocycles. The lowest BCUT2D eigenvalue weighted by Crippen LogP contribution is -2.16. The largest absolute Gasteiger partial charge is 0.450 e. The number of fused-ring (bicyclic) bond motifs is 2. The van der Waals surface area contributed by atoms with Gasteiger partial charge in [0.15, 0.2) is 0 Å². The van der Waals surface area contributed by atoms with Crippen LogP contribution in [0.25, 0.3) is 32.9 Å². The second kappa shape index (κ2) is 8.84. The van der Waals surface area contributed by atoms with Crippen LogP contribution in [0, 0.1) is 3.57 Å². The summed E-state index contributed by atoms with van der Waals surface area (Å²) in [6.07, 6.45) is -4.94. The van der Waals surface area contributed by atoms with E-state index in [2.05, 4.69) is 0 Å². The Hall–Kier alpha value is -3.66. The first-order valence-corrected chi connectivity index (χ1v) is 11.4. The molecule has 35 heavy (non-hydrogen) atoms. The van der Waals surface area contributed by atoms with Crippen molar-refractivity contribution >= 4 is 50.3 Å². The molecule has 0 fully saturated rings. The summed E-state index contributed by atoms with van der Waals surface area (Å²) in [4.78, 5) is 25.9. The molecule has 0 spiro atoms. The average Bonchev–Trinajstić information content (AvgIpc) is 2.83. The van der Waals surface area contributed by atoms with E-state index in [9.17, 15) is 22.8 Å². The quantitative estimate of drug-likeness (QED) is 0.125. The van der Waals surface area contributed by atoms with Crippen LogP contribution < -0.4 is 10.2 Å². The number of hydrogen-bond donors (Lipinski definition) is 0. The molecule has 0 bridgehead atoms. The summed E-state index contributed by atoms with van der Waals surface area (Å²) in [5, 5.41) is 1.13. The molecule has 4 nitrogen and oxygen atoms in total. The molecule has 0 radical (unpaired) electrons. The standard InChI is InChI=1S/C27H14F3IO4/c28-27(29,30)25-23(18-10-5-7-15-6-1-2-8-17(15)18)24(32)20-13-12-16(14-22(20)35-25)34-26(33)19-9-3-4-11-21(19)31/h1-14H. The van der Waals surface area contributed by atoms with Gasteiger partial charge in [-0.15, -0.1) is 0 Å². The number of rotatable bonds is 3. The van der Waals surface area contributed by atoms with Crippen molar-refractivity contribution in [3.63, 3.8) is 0 Å². The van der Waals surface area contributed by atoms with Crippen LogP contribution in [0.3, 0.4) is 0 Å². The van der Waals surface area contributed by atoms with Gasteiger partial charge < -0.3 is 9.15 Å². The highest BCUT2D eigenvalue weighted by Crippen LogP contribution is 2.39. The number of hydrogen-bond acceptors (Lipinski definition) is 4. The third kappa shape index (κ3) is 4.29. The van der Waals surface area contributed by atoms with Crippen LogP contribution in [-0.4, -0.2) is 5.97 Å². The van der Waals surface area contributed by atoms with Gasteiger partial charge in [0.05, 0.1) is 16.5 Å². The van der Waals surface area contributed by atoms with Gasteiger partial charge in [-0.1, -0.05) is 54.6 Å². The van der Waals surface area contributed by atoms with Crippen LogP contribution in [0.4, 0.5) is 13.2 Å². The predicted molar refractivity (Wildman–Crippen MR) is 135 cm³/mol. The number of carbonyl (C=O) groups excluding carboxylic acids is 1. The Balaban J connectivity index is 1.68. The monoisotopic (exact) mass is 586 g/mol. The van der Waals surface area contributed by atoms with Crippen molar-refractivity contribution in [3.8, 4) is 16.9 Å². The highest BCUT2D eigenvalue weighted by molar-refractivity contribution is 14.1. The van der Waals surface area contributed by atoms with E-state index in [0.717, 1.165) is 6.07 Å². The minimum atomic E-state index is -4.94. The average molecular weight is 586 g/mol. The van der Waals surface area contributed by atoms with Crippen molar-refractivity contribution in [1.82, 2.24) is 0 Å². The van der Waals surface area contributed by atoms with Crippen molar-refractivity contribution in [3.05, 3.63) is 110 Å². The second-order valence-electron chi connectivity index (χ2n) is 7.69. The SMILES string of the molecule is O=C(Oc1ccc2c(=O)c(-c3cccc4ccccc34)c(C(F)(F)F)oc2c1)c1ccccc1I. The molecule has 0 atom stereocenters. The van der Waals surface area contributed by atoms with Crippen molar-refractivity contribution in [1.29, 1.82) is 0 Å². The summed E-state index contributed by atoms with van der Waals surface area (Å²) in [5.74, 6) is -2.14. The zero-order valence-electron chi connectivity index (χ0n) is 17.7. The number of ether oxygens (including phenoxy) is 1. The van der Waals surface area contributed by atoms with Gasteiger partial charge in [0.2, 0.25) is 11.2 Å². The van der Waals surface area contributed by atoms with E-state index >= 15 is 0 Å². The third-order valence-electron chi connectivity index (χ3n) is 5.48. The van der Waals surface area contributed by atoms with Crippen LogP contribution in [-0.2, 0) is 6.18 Å². The normalized spacial score (nSPS) is 11.7. The van der Waals surface area contributed by atoms with Gasteiger partial charge in [0.1, 0.15) is 11.3 Å². The van der Waals surface area contributed by atoms with Crippen molar-refractivity contribution in [2.45, 2.75) is 6.18 Å². The predicted octanol–water partition coefficient (Wildman–Crippen LogP) is 7.46. The Labute approximate surface area is 210 Å². The highest BCUT2D eigenvalue weighted by atomic mass is 127. The van der Waals surface area contributed by atoms with Gasteiger partial charge >= 0.3 is 12.1 Å². The zero-order valence-corrected chi connectivity index (χ0v) is 19.9. The molecule has 0 amide bonds. The summed E-state index contributed by atoms with van der Waals surface area (Å²) in [7, 11) is 0. The van der Waals surface area contributed by atoms with E-state index in [-0.39, 0.29) is 22.3 Å². The van der Waals surface area contributed by atoms with Crippen LogP contribution in [0.15, 0.2) is 94.1 Å². The lowest BCUT2D eigenvalue weighted by atomic mass is 9.96. The van der Waals surface area contributed by atoms with Crippen LogP contribution >= 0.6 is 22.6 Å². The maximum atomic E-state index is 14.1. The highest BCUT2D eigenvalue weighted by Gasteiger charge is 2.39. The molecule has 8 heteroatoms. The molecule has 0 aliphatic carbocycles. The minimum Gasteiger partial charge on any atom is -0.450 e. The molecule has 0 aliphatic heterocycles. The maximum absolute atomic E-state index is 14.1. The Kier molecular flexibility index (Phi) is 5.84. The second-order valence-corrected chi connectivity index (χ2v) is 8.85. The number of carbonyl (C=O) groups is 1. The molecule has 0 aliphatic rings. The fraction of sp³-hybridized carbons (Fsp3) is 0.0370. The third-order valence-corrected chi connectivity index (χ3v) is 6.43. The Bertz CT molecular complexity index is 1670. The van der Waals surface area contributed by atoms with Crippen LogP contribution in [0.5, 0.6) is 5.75 Å². The van der Waals surface area contributed by atoms with Crippen molar-refractivity contribution < 1.29 is 27.1 Å². The Morgan fingerprint density at radius 2 is 1.57 bits per heavy atom. The van der Waals surface area contributed by atoms with Gasteiger partial charge in [-0.2, -0.15) is 13.2 Å². The van der Waals surface area contributed by atoms with Crippen LogP contribution in [0.1, 0.15) is 16.1 Å². The van der Waals surface area contributed by atoms with E-state index in [1.807, 2.05) is 22.6 Å². The van der Waals surface area contributed by atoms with E-state index in [1.165, 1.54) is 18.2 Å². The van der Waals surface area contributed by atoms with E-state index in [4.69, 9.17) is 9.15 Å². The van der Waals surface area contributed by atoms with Crippen molar-refractivity contribution in [2.75, 3.05) is 0 Å². The van der Waals surface area contributed by atoms with E-state index in [0.29, 0.717) is 19.9 Å². The molecule has 0 N–H and O–H groups in total. The van der Waals surface area contributed by atoms with Gasteiger partial charge in [-0.05, 0) is 63.2 Å². The first-order chi connectivity index (χ1) is 16.7. The Morgan fingerprint density at radius 1 is 0.857 bits per heavy atom. The van der Waals surface area contributed by atoms with E-state index < -0.39 is 28.9 Å². The number of benzene rings is 4.